The summed E-state index contributed by atoms with van der Waals surface area (Å²) in [5.41, 5.74) is 0. The van der Waals surface area contributed by atoms with Gasteiger partial charge in [-0.2, -0.15) is 0 Å². The maximum absolute atomic E-state index is 13.5. The van der Waals surface area contributed by atoms with Crippen LogP contribution in [0.4, 0.5) is 8.78 Å². The van der Waals surface area contributed by atoms with Crippen LogP contribution in [0.25, 0.3) is 0 Å². The number of hydrogen-bond donors (Lipinski definition) is 0. The van der Waals surface area contributed by atoms with E-state index in [1.54, 1.807) is 10.8 Å². The summed E-state index contributed by atoms with van der Waals surface area (Å²) in [6, 6.07) is 0. The fourth-order valence-corrected chi connectivity index (χ4v) is 5.28. The number of halogens is 2. The molecule has 134 valence electrons. The maximum atomic E-state index is 13.5. The van der Waals surface area contributed by atoms with Gasteiger partial charge in [-0.15, -0.1) is 0 Å². The average Bonchev–Trinajstić information content (AvgIpc) is 2.46. The molecular formula is C18H36F2S2. The summed E-state index contributed by atoms with van der Waals surface area (Å²) in [4.78, 5) is 0. The topological polar surface area (TPSA) is 0 Å². The van der Waals surface area contributed by atoms with Gasteiger partial charge in [0.25, 0.3) is 6.43 Å². The molecule has 0 aliphatic carbocycles. The third-order valence-electron chi connectivity index (χ3n) is 3.93. The Morgan fingerprint density at radius 2 is 1.23 bits per heavy atom. The zero-order chi connectivity index (χ0) is 16.8. The summed E-state index contributed by atoms with van der Waals surface area (Å²) in [5.74, 6) is 0.185. The summed E-state index contributed by atoms with van der Waals surface area (Å²) in [5, 5.41) is -0.0808. The molecule has 0 rings (SSSR count). The highest BCUT2D eigenvalue weighted by Crippen LogP contribution is 2.41. The lowest BCUT2D eigenvalue weighted by Crippen LogP contribution is -2.25. The number of unbranched alkanes of at least 4 members (excludes halogenated alkanes) is 6. The molecular weight excluding hydrogens is 318 g/mol. The van der Waals surface area contributed by atoms with E-state index in [2.05, 4.69) is 27.7 Å². The molecule has 0 saturated heterocycles. The first-order valence-electron chi connectivity index (χ1n) is 9.13. The SMILES string of the molecule is CCCCCCC(CCCCCC)C(SSC(C)C)C(F)F. The van der Waals surface area contributed by atoms with E-state index in [-0.39, 0.29) is 5.92 Å². The van der Waals surface area contributed by atoms with Gasteiger partial charge in [-0.1, -0.05) is 101 Å². The van der Waals surface area contributed by atoms with Crippen LogP contribution in [0.5, 0.6) is 0 Å². The largest absolute Gasteiger partial charge is 0.251 e. The monoisotopic (exact) mass is 354 g/mol. The minimum atomic E-state index is -2.20. The summed E-state index contributed by atoms with van der Waals surface area (Å²) in [6.07, 6.45) is 9.25. The Labute approximate surface area is 145 Å². The van der Waals surface area contributed by atoms with Crippen molar-refractivity contribution in [3.05, 3.63) is 0 Å². The Morgan fingerprint density at radius 3 is 1.59 bits per heavy atom. The third-order valence-corrected chi connectivity index (χ3v) is 7.39. The summed E-state index contributed by atoms with van der Waals surface area (Å²) in [7, 11) is 3.06. The van der Waals surface area contributed by atoms with Crippen molar-refractivity contribution in [2.75, 3.05) is 0 Å². The molecule has 4 heteroatoms. The van der Waals surface area contributed by atoms with Crippen LogP contribution in [0.3, 0.4) is 0 Å². The van der Waals surface area contributed by atoms with Gasteiger partial charge in [0.15, 0.2) is 0 Å². The van der Waals surface area contributed by atoms with Crippen molar-refractivity contribution in [1.29, 1.82) is 0 Å². The molecule has 0 spiro atoms. The molecule has 0 aliphatic rings. The normalized spacial score (nSPS) is 13.5. The zero-order valence-corrected chi connectivity index (χ0v) is 16.6. The first kappa shape index (κ1) is 22.6. The van der Waals surface area contributed by atoms with Crippen molar-refractivity contribution in [1.82, 2.24) is 0 Å². The molecule has 0 aromatic heterocycles. The van der Waals surface area contributed by atoms with Crippen molar-refractivity contribution in [3.63, 3.8) is 0 Å². The van der Waals surface area contributed by atoms with E-state index >= 15 is 0 Å². The van der Waals surface area contributed by atoms with E-state index in [9.17, 15) is 8.78 Å². The minimum Gasteiger partial charge on any atom is -0.209 e. The Morgan fingerprint density at radius 1 is 0.727 bits per heavy atom. The lowest BCUT2D eigenvalue weighted by Gasteiger charge is -2.26. The van der Waals surface area contributed by atoms with E-state index in [1.165, 1.54) is 49.3 Å². The second-order valence-electron chi connectivity index (χ2n) is 6.50. The van der Waals surface area contributed by atoms with Crippen molar-refractivity contribution >= 4 is 21.6 Å². The zero-order valence-electron chi connectivity index (χ0n) is 15.0. The predicted molar refractivity (Wildman–Crippen MR) is 101 cm³/mol. The van der Waals surface area contributed by atoms with Gasteiger partial charge in [0, 0.05) is 5.25 Å². The van der Waals surface area contributed by atoms with E-state index in [0.29, 0.717) is 5.25 Å². The first-order valence-corrected chi connectivity index (χ1v) is 11.4. The van der Waals surface area contributed by atoms with Gasteiger partial charge in [0.05, 0.1) is 5.25 Å². The molecule has 0 bridgehead atoms. The van der Waals surface area contributed by atoms with Crippen LogP contribution in [0.15, 0.2) is 0 Å². The highest BCUT2D eigenvalue weighted by molar-refractivity contribution is 8.77. The Kier molecular flexibility index (Phi) is 15.5. The molecule has 1 unspecified atom stereocenters. The molecule has 0 N–H and O–H groups in total. The van der Waals surface area contributed by atoms with Gasteiger partial charge < -0.3 is 0 Å². The van der Waals surface area contributed by atoms with Crippen molar-refractivity contribution in [3.8, 4) is 0 Å². The molecule has 0 saturated carbocycles. The molecule has 0 radical (unpaired) electrons. The van der Waals surface area contributed by atoms with E-state index in [1.807, 2.05) is 0 Å². The first-order chi connectivity index (χ1) is 10.5. The quantitative estimate of drug-likeness (QED) is 0.216. The summed E-state index contributed by atoms with van der Waals surface area (Å²) < 4.78 is 27.0. The van der Waals surface area contributed by atoms with Crippen LogP contribution in [0, 0.1) is 5.92 Å². The highest BCUT2D eigenvalue weighted by Gasteiger charge is 2.30. The van der Waals surface area contributed by atoms with Crippen molar-refractivity contribution < 1.29 is 8.78 Å². The second-order valence-corrected chi connectivity index (χ2v) is 9.53. The molecule has 22 heavy (non-hydrogen) atoms. The van der Waals surface area contributed by atoms with Gasteiger partial charge in [0.2, 0.25) is 0 Å². The Balaban J connectivity index is 4.44. The minimum absolute atomic E-state index is 0.185. The molecule has 0 aromatic carbocycles. The van der Waals surface area contributed by atoms with Gasteiger partial charge in [0.1, 0.15) is 0 Å². The Hall–Kier alpha value is 0.560. The maximum Gasteiger partial charge on any atom is 0.251 e. The van der Waals surface area contributed by atoms with E-state index < -0.39 is 11.7 Å². The van der Waals surface area contributed by atoms with E-state index in [0.717, 1.165) is 25.7 Å². The summed E-state index contributed by atoms with van der Waals surface area (Å²) >= 11 is 0. The predicted octanol–water partition coefficient (Wildman–Crippen LogP) is 7.97. The fraction of sp³-hybridized carbons (Fsp3) is 1.00. The average molecular weight is 355 g/mol. The highest BCUT2D eigenvalue weighted by atomic mass is 33.1. The molecule has 0 aliphatic heterocycles. The molecule has 0 amide bonds. The van der Waals surface area contributed by atoms with Crippen LogP contribution in [0.1, 0.15) is 91.9 Å². The van der Waals surface area contributed by atoms with Crippen LogP contribution >= 0.6 is 21.6 Å². The summed E-state index contributed by atoms with van der Waals surface area (Å²) in [6.45, 7) is 8.55. The van der Waals surface area contributed by atoms with Gasteiger partial charge >= 0.3 is 0 Å². The van der Waals surface area contributed by atoms with E-state index in [4.69, 9.17) is 0 Å². The number of rotatable bonds is 15. The van der Waals surface area contributed by atoms with Crippen LogP contribution in [0.2, 0.25) is 0 Å². The molecule has 0 heterocycles. The third kappa shape index (κ3) is 12.0. The van der Waals surface area contributed by atoms with Crippen molar-refractivity contribution in [2.24, 2.45) is 5.92 Å². The lowest BCUT2D eigenvalue weighted by atomic mass is 9.91. The fourth-order valence-electron chi connectivity index (χ4n) is 2.64. The van der Waals surface area contributed by atoms with Crippen molar-refractivity contribution in [2.45, 2.75) is 109 Å². The second kappa shape index (κ2) is 15.1. The standard InChI is InChI=1S/C18H36F2S2/c1-5-7-9-11-13-16(14-12-10-8-6-2)17(18(19)20)22-21-15(3)4/h15-18H,5-14H2,1-4H3. The molecule has 0 nitrogen and oxygen atoms in total. The van der Waals surface area contributed by atoms with Gasteiger partial charge in [-0.05, 0) is 18.8 Å². The molecule has 1 atom stereocenters. The van der Waals surface area contributed by atoms with Crippen LogP contribution in [-0.4, -0.2) is 16.9 Å². The molecule has 0 fully saturated rings. The Bertz CT molecular complexity index is 223. The molecule has 0 aromatic rings. The van der Waals surface area contributed by atoms with Gasteiger partial charge in [-0.3, -0.25) is 0 Å². The van der Waals surface area contributed by atoms with Crippen LogP contribution < -0.4 is 0 Å². The van der Waals surface area contributed by atoms with Gasteiger partial charge in [-0.25, -0.2) is 8.78 Å². The smallest absolute Gasteiger partial charge is 0.209 e. The van der Waals surface area contributed by atoms with Crippen LogP contribution in [-0.2, 0) is 0 Å². The lowest BCUT2D eigenvalue weighted by molar-refractivity contribution is 0.117. The number of hydrogen-bond acceptors (Lipinski definition) is 2. The number of alkyl halides is 2.